The van der Waals surface area contributed by atoms with Crippen LogP contribution in [0.25, 0.3) is 5.69 Å². The molecule has 1 aromatic carbocycles. The van der Waals surface area contributed by atoms with Crippen LogP contribution in [0.3, 0.4) is 0 Å². The van der Waals surface area contributed by atoms with Gasteiger partial charge in [0.15, 0.2) is 5.82 Å². The molecule has 5 rings (SSSR count). The molecule has 1 saturated carbocycles. The van der Waals surface area contributed by atoms with Crippen molar-refractivity contribution in [2.75, 3.05) is 5.32 Å². The smallest absolute Gasteiger partial charge is 0.365 e. The van der Waals surface area contributed by atoms with Crippen molar-refractivity contribution in [3.8, 4) is 5.69 Å². The monoisotopic (exact) mass is 460 g/mol. The number of fused-ring (bicyclic) bond motifs is 2. The van der Waals surface area contributed by atoms with Crippen molar-refractivity contribution in [2.45, 2.75) is 44.1 Å². The van der Waals surface area contributed by atoms with Gasteiger partial charge in [0.25, 0.3) is 5.91 Å². The number of rotatable bonds is 4. The molecule has 3 aromatic rings. The van der Waals surface area contributed by atoms with E-state index in [1.807, 2.05) is 6.92 Å². The maximum atomic E-state index is 14.7. The zero-order valence-corrected chi connectivity index (χ0v) is 17.5. The van der Waals surface area contributed by atoms with Crippen LogP contribution < -0.4 is 5.32 Å². The molecule has 1 aliphatic carbocycles. The molecule has 33 heavy (non-hydrogen) atoms. The van der Waals surface area contributed by atoms with Crippen LogP contribution in [0, 0.1) is 11.7 Å². The number of aromatic nitrogens is 4. The molecule has 1 amide bonds. The minimum absolute atomic E-state index is 0.0172. The number of halogens is 4. The van der Waals surface area contributed by atoms with E-state index in [0.717, 1.165) is 29.9 Å². The number of amides is 1. The molecular weight excluding hydrogens is 440 g/mol. The van der Waals surface area contributed by atoms with E-state index in [-0.39, 0.29) is 41.2 Å². The van der Waals surface area contributed by atoms with Crippen LogP contribution in [0.2, 0.25) is 0 Å². The number of hydrogen-bond acceptors (Lipinski definition) is 5. The van der Waals surface area contributed by atoms with Crippen LogP contribution in [0.15, 0.2) is 48.9 Å². The Bertz CT molecular complexity index is 1160. The fraction of sp³-hybridized carbons (Fsp3) is 0.364. The van der Waals surface area contributed by atoms with Crippen LogP contribution in [0.1, 0.15) is 35.7 Å². The second-order valence-corrected chi connectivity index (χ2v) is 8.39. The molecular formula is C22H20F4N6O. The number of likely N-dealkylation sites (tertiary alicyclic amines) is 1. The summed E-state index contributed by atoms with van der Waals surface area (Å²) in [7, 11) is 0. The van der Waals surface area contributed by atoms with Crippen LogP contribution in [-0.2, 0) is 6.18 Å². The number of nitrogens with zero attached hydrogens (tertiary/aromatic N) is 5. The number of para-hydroxylation sites is 1. The first-order valence-corrected chi connectivity index (χ1v) is 10.5. The lowest BCUT2D eigenvalue weighted by Crippen LogP contribution is -2.51. The fourth-order valence-electron chi connectivity index (χ4n) is 4.97. The van der Waals surface area contributed by atoms with Crippen LogP contribution >= 0.6 is 0 Å². The van der Waals surface area contributed by atoms with Gasteiger partial charge in [-0.15, -0.1) is 4.80 Å². The standard InChI is InChI=1S/C22H20F4N6O/c1-12-13-9-17(30-19-6-5-14(11-27-19)22(24,25)26)18(10-13)31(12)21(33)15-3-2-4-16(23)20(15)32-28-7-8-29-32/h2-8,11-13,17-18H,9-10H2,1H3,(H,27,30)/t12?,13?,17-,18?/m0/s1. The molecule has 2 aliphatic rings. The van der Waals surface area contributed by atoms with Crippen molar-refractivity contribution in [2.24, 2.45) is 5.92 Å². The highest BCUT2D eigenvalue weighted by molar-refractivity contribution is 5.98. The summed E-state index contributed by atoms with van der Waals surface area (Å²) >= 11 is 0. The first kappa shape index (κ1) is 21.4. The van der Waals surface area contributed by atoms with Crippen molar-refractivity contribution in [1.29, 1.82) is 0 Å². The number of pyridine rings is 1. The Morgan fingerprint density at radius 1 is 1.12 bits per heavy atom. The highest BCUT2D eigenvalue weighted by Crippen LogP contribution is 2.44. The van der Waals surface area contributed by atoms with E-state index in [4.69, 9.17) is 0 Å². The third kappa shape index (κ3) is 3.70. The van der Waals surface area contributed by atoms with Gasteiger partial charge in [-0.3, -0.25) is 4.79 Å². The van der Waals surface area contributed by atoms with Gasteiger partial charge in [0, 0.05) is 18.3 Å². The predicted molar refractivity (Wildman–Crippen MR) is 110 cm³/mol. The molecule has 172 valence electrons. The average molecular weight is 460 g/mol. The number of piperidine rings is 1. The third-order valence-corrected chi connectivity index (χ3v) is 6.54. The summed E-state index contributed by atoms with van der Waals surface area (Å²) in [6.45, 7) is 1.96. The van der Waals surface area contributed by atoms with Crippen molar-refractivity contribution in [3.05, 3.63) is 65.9 Å². The van der Waals surface area contributed by atoms with Crippen molar-refractivity contribution >= 4 is 11.7 Å². The summed E-state index contributed by atoms with van der Waals surface area (Å²) in [6.07, 6.45) is 0.640. The van der Waals surface area contributed by atoms with E-state index in [2.05, 4.69) is 20.5 Å². The van der Waals surface area contributed by atoms with Crippen molar-refractivity contribution in [1.82, 2.24) is 24.9 Å². The van der Waals surface area contributed by atoms with Crippen molar-refractivity contribution < 1.29 is 22.4 Å². The van der Waals surface area contributed by atoms with E-state index in [1.54, 1.807) is 11.0 Å². The summed E-state index contributed by atoms with van der Waals surface area (Å²) in [5, 5.41) is 11.1. The zero-order chi connectivity index (χ0) is 23.3. The quantitative estimate of drug-likeness (QED) is 0.598. The fourth-order valence-corrected chi connectivity index (χ4v) is 4.97. The molecule has 1 aliphatic heterocycles. The first-order chi connectivity index (χ1) is 15.7. The Hall–Kier alpha value is -3.50. The second-order valence-electron chi connectivity index (χ2n) is 8.39. The maximum absolute atomic E-state index is 14.7. The van der Waals surface area contributed by atoms with Gasteiger partial charge < -0.3 is 10.2 Å². The normalized spacial score (nSPS) is 24.3. The highest BCUT2D eigenvalue weighted by atomic mass is 19.4. The Morgan fingerprint density at radius 2 is 1.88 bits per heavy atom. The lowest BCUT2D eigenvalue weighted by Gasteiger charge is -2.38. The third-order valence-electron chi connectivity index (χ3n) is 6.54. The number of anilines is 1. The number of carbonyl (C=O) groups excluding carboxylic acids is 1. The molecule has 3 unspecified atom stereocenters. The Balaban J connectivity index is 1.40. The average Bonchev–Trinajstić information content (AvgIpc) is 3.50. The minimum atomic E-state index is -4.46. The summed E-state index contributed by atoms with van der Waals surface area (Å²) in [6, 6.07) is 6.07. The molecule has 0 radical (unpaired) electrons. The predicted octanol–water partition coefficient (Wildman–Crippen LogP) is 3.92. The van der Waals surface area contributed by atoms with E-state index in [1.165, 1.54) is 30.6 Å². The zero-order valence-electron chi connectivity index (χ0n) is 17.5. The summed E-state index contributed by atoms with van der Waals surface area (Å²) in [5.74, 6) is -0.426. The molecule has 1 saturated heterocycles. The molecule has 3 heterocycles. The van der Waals surface area contributed by atoms with Gasteiger partial charge in [0.1, 0.15) is 11.5 Å². The van der Waals surface area contributed by atoms with Crippen LogP contribution in [-0.4, -0.2) is 48.9 Å². The van der Waals surface area contributed by atoms with Gasteiger partial charge in [-0.05, 0) is 49.9 Å². The molecule has 0 spiro atoms. The minimum Gasteiger partial charge on any atom is -0.365 e. The molecule has 1 N–H and O–H groups in total. The lowest BCUT2D eigenvalue weighted by molar-refractivity contribution is -0.137. The van der Waals surface area contributed by atoms with Gasteiger partial charge in [-0.2, -0.15) is 23.4 Å². The van der Waals surface area contributed by atoms with Crippen LogP contribution in [0.4, 0.5) is 23.4 Å². The molecule has 11 heteroatoms. The van der Waals surface area contributed by atoms with E-state index in [9.17, 15) is 22.4 Å². The number of carbonyl (C=O) groups is 1. The Labute approximate surface area is 186 Å². The maximum Gasteiger partial charge on any atom is 0.417 e. The number of benzene rings is 1. The summed E-state index contributed by atoms with van der Waals surface area (Å²) in [4.78, 5) is 20.3. The van der Waals surface area contributed by atoms with Gasteiger partial charge in [-0.25, -0.2) is 9.37 Å². The number of hydrogen-bond donors (Lipinski definition) is 1. The Morgan fingerprint density at radius 3 is 2.52 bits per heavy atom. The largest absolute Gasteiger partial charge is 0.417 e. The SMILES string of the molecule is CC1C2CC([C@@H](Nc3ccc(C(F)(F)F)cn3)C2)N1C(=O)c1cccc(F)c1-n1nccn1. The van der Waals surface area contributed by atoms with E-state index < -0.39 is 17.6 Å². The van der Waals surface area contributed by atoms with E-state index >= 15 is 0 Å². The molecule has 4 atom stereocenters. The number of alkyl halides is 3. The summed E-state index contributed by atoms with van der Waals surface area (Å²) in [5.41, 5.74) is -0.689. The van der Waals surface area contributed by atoms with Gasteiger partial charge >= 0.3 is 6.18 Å². The van der Waals surface area contributed by atoms with Gasteiger partial charge in [0.05, 0.1) is 29.6 Å². The van der Waals surface area contributed by atoms with E-state index in [0.29, 0.717) is 5.82 Å². The second kappa shape index (κ2) is 7.82. The summed E-state index contributed by atoms with van der Waals surface area (Å²) < 4.78 is 53.1. The van der Waals surface area contributed by atoms with Crippen molar-refractivity contribution in [3.63, 3.8) is 0 Å². The lowest BCUT2D eigenvalue weighted by atomic mass is 9.96. The Kier molecular flexibility index (Phi) is 5.06. The van der Waals surface area contributed by atoms with Crippen LogP contribution in [0.5, 0.6) is 0 Å². The molecule has 7 nitrogen and oxygen atoms in total. The van der Waals surface area contributed by atoms with Gasteiger partial charge in [0.2, 0.25) is 0 Å². The van der Waals surface area contributed by atoms with Gasteiger partial charge in [-0.1, -0.05) is 6.07 Å². The number of nitrogens with one attached hydrogen (secondary N) is 1. The molecule has 2 aromatic heterocycles. The highest BCUT2D eigenvalue weighted by Gasteiger charge is 2.52. The molecule has 2 bridgehead atoms. The molecule has 2 fully saturated rings. The first-order valence-electron chi connectivity index (χ1n) is 10.5. The topological polar surface area (TPSA) is 75.9 Å².